The fourth-order valence-corrected chi connectivity index (χ4v) is 2.74. The molecule has 1 fully saturated rings. The molecule has 2 atom stereocenters. The van der Waals surface area contributed by atoms with Crippen molar-refractivity contribution in [3.63, 3.8) is 0 Å². The van der Waals surface area contributed by atoms with E-state index in [2.05, 4.69) is 22.4 Å². The quantitative estimate of drug-likeness (QED) is 0.856. The molecule has 22 heavy (non-hydrogen) atoms. The molecular weight excluding hydrogens is 281 g/mol. The van der Waals surface area contributed by atoms with Crippen molar-refractivity contribution in [3.05, 3.63) is 47.4 Å². The Morgan fingerprint density at radius 3 is 3.05 bits per heavy atom. The van der Waals surface area contributed by atoms with Gasteiger partial charge >= 0.3 is 0 Å². The van der Waals surface area contributed by atoms with Crippen LogP contribution < -0.4 is 5.32 Å². The van der Waals surface area contributed by atoms with Gasteiger partial charge in [-0.1, -0.05) is 31.5 Å². The van der Waals surface area contributed by atoms with Crippen molar-refractivity contribution in [2.75, 3.05) is 5.32 Å². The molecule has 4 nitrogen and oxygen atoms in total. The molecule has 2 N–H and O–H groups in total. The van der Waals surface area contributed by atoms with Crippen LogP contribution in [0.15, 0.2) is 30.3 Å². The van der Waals surface area contributed by atoms with E-state index in [1.165, 1.54) is 6.07 Å². The summed E-state index contributed by atoms with van der Waals surface area (Å²) >= 11 is 0. The van der Waals surface area contributed by atoms with Crippen molar-refractivity contribution in [3.8, 4) is 0 Å². The monoisotopic (exact) mass is 301 g/mol. The largest absolute Gasteiger partial charge is 0.309 e. The van der Waals surface area contributed by atoms with E-state index < -0.39 is 0 Å². The molecule has 116 valence electrons. The third kappa shape index (κ3) is 3.18. The minimum Gasteiger partial charge on any atom is -0.309 e. The molecule has 0 saturated heterocycles. The number of H-pyrrole nitrogens is 1. The second-order valence-corrected chi connectivity index (χ2v) is 5.84. The average Bonchev–Trinajstić information content (AvgIpc) is 3.19. The molecule has 1 aromatic heterocycles. The van der Waals surface area contributed by atoms with Gasteiger partial charge in [-0.15, -0.1) is 0 Å². The fraction of sp³-hybridized carbons (Fsp3) is 0.412. The third-order valence-corrected chi connectivity index (χ3v) is 4.11. The van der Waals surface area contributed by atoms with Crippen LogP contribution in [0.1, 0.15) is 43.4 Å². The maximum absolute atomic E-state index is 13.7. The molecule has 5 heteroatoms. The van der Waals surface area contributed by atoms with Crippen molar-refractivity contribution in [2.45, 2.75) is 38.5 Å². The summed E-state index contributed by atoms with van der Waals surface area (Å²) in [5.41, 5.74) is 1.66. The van der Waals surface area contributed by atoms with Crippen molar-refractivity contribution in [2.24, 2.45) is 5.92 Å². The first-order chi connectivity index (χ1) is 10.7. The number of aromatic amines is 1. The number of carbonyl (C=O) groups excluding carboxylic acids is 1. The van der Waals surface area contributed by atoms with E-state index >= 15 is 0 Å². The molecule has 1 aromatic carbocycles. The maximum Gasteiger partial charge on any atom is 0.229 e. The van der Waals surface area contributed by atoms with Crippen LogP contribution in [0.25, 0.3) is 0 Å². The number of nitrogens with zero attached hydrogens (tertiary/aromatic N) is 1. The Bertz CT molecular complexity index is 667. The van der Waals surface area contributed by atoms with E-state index in [1.807, 2.05) is 6.07 Å². The first-order valence-electron chi connectivity index (χ1n) is 7.78. The Hall–Kier alpha value is -2.17. The van der Waals surface area contributed by atoms with Gasteiger partial charge in [-0.2, -0.15) is 5.10 Å². The molecule has 1 saturated carbocycles. The summed E-state index contributed by atoms with van der Waals surface area (Å²) in [6.07, 6.45) is 3.83. The fourth-order valence-electron chi connectivity index (χ4n) is 2.74. The van der Waals surface area contributed by atoms with E-state index in [-0.39, 0.29) is 23.6 Å². The number of benzene rings is 1. The highest BCUT2D eigenvalue weighted by Gasteiger charge is 2.45. The van der Waals surface area contributed by atoms with Gasteiger partial charge in [0.2, 0.25) is 5.91 Å². The molecule has 1 aliphatic rings. The summed E-state index contributed by atoms with van der Waals surface area (Å²) in [7, 11) is 0. The van der Waals surface area contributed by atoms with Crippen LogP contribution in [0.2, 0.25) is 0 Å². The van der Waals surface area contributed by atoms with Gasteiger partial charge in [0, 0.05) is 17.7 Å². The van der Waals surface area contributed by atoms with Gasteiger partial charge in [0.15, 0.2) is 5.82 Å². The summed E-state index contributed by atoms with van der Waals surface area (Å²) < 4.78 is 13.7. The lowest BCUT2D eigenvalue weighted by atomic mass is 10.1. The number of rotatable bonds is 6. The Kier molecular flexibility index (Phi) is 4.22. The van der Waals surface area contributed by atoms with Gasteiger partial charge in [-0.3, -0.25) is 9.89 Å². The zero-order valence-corrected chi connectivity index (χ0v) is 12.6. The van der Waals surface area contributed by atoms with Gasteiger partial charge in [0.1, 0.15) is 5.82 Å². The van der Waals surface area contributed by atoms with Gasteiger partial charge < -0.3 is 5.32 Å². The van der Waals surface area contributed by atoms with Crippen molar-refractivity contribution in [1.29, 1.82) is 0 Å². The number of nitrogens with one attached hydrogen (secondary N) is 2. The van der Waals surface area contributed by atoms with E-state index in [0.717, 1.165) is 25.0 Å². The van der Waals surface area contributed by atoms with Gasteiger partial charge in [0.25, 0.3) is 0 Å². The number of hydrogen-bond donors (Lipinski definition) is 2. The Balaban J connectivity index is 1.57. The van der Waals surface area contributed by atoms with E-state index in [1.54, 1.807) is 18.2 Å². The molecule has 0 bridgehead atoms. The predicted molar refractivity (Wildman–Crippen MR) is 83.1 cm³/mol. The number of unbranched alkanes of at least 4 members (excludes halogenated alkanes) is 1. The number of aromatic nitrogens is 2. The van der Waals surface area contributed by atoms with Crippen molar-refractivity contribution in [1.82, 2.24) is 10.2 Å². The third-order valence-electron chi connectivity index (χ3n) is 4.11. The van der Waals surface area contributed by atoms with Crippen LogP contribution in [-0.4, -0.2) is 16.1 Å². The van der Waals surface area contributed by atoms with E-state index in [0.29, 0.717) is 17.8 Å². The van der Waals surface area contributed by atoms with Crippen LogP contribution >= 0.6 is 0 Å². The first kappa shape index (κ1) is 14.8. The topological polar surface area (TPSA) is 57.8 Å². The average molecular weight is 301 g/mol. The molecular formula is C17H20FN3O. The van der Waals surface area contributed by atoms with Crippen molar-refractivity contribution >= 4 is 11.7 Å². The second-order valence-electron chi connectivity index (χ2n) is 5.84. The minimum absolute atomic E-state index is 0.0142. The predicted octanol–water partition coefficient (Wildman–Crippen LogP) is 3.63. The number of halogens is 1. The molecule has 0 spiro atoms. The summed E-state index contributed by atoms with van der Waals surface area (Å²) in [6, 6.07) is 8.53. The van der Waals surface area contributed by atoms with E-state index in [9.17, 15) is 9.18 Å². The number of hydrogen-bond acceptors (Lipinski definition) is 2. The molecule has 1 heterocycles. The second kappa shape index (κ2) is 6.30. The van der Waals surface area contributed by atoms with Crippen LogP contribution in [0.5, 0.6) is 0 Å². The Morgan fingerprint density at radius 2 is 2.27 bits per heavy atom. The van der Waals surface area contributed by atoms with Crippen LogP contribution in [-0.2, 0) is 11.2 Å². The SMILES string of the molecule is CCCCc1cc(NC(=O)C2CC2c2ccccc2F)n[nH]1. The van der Waals surface area contributed by atoms with Crippen LogP contribution in [0, 0.1) is 11.7 Å². The van der Waals surface area contributed by atoms with Crippen LogP contribution in [0.3, 0.4) is 0 Å². The van der Waals surface area contributed by atoms with Crippen molar-refractivity contribution < 1.29 is 9.18 Å². The summed E-state index contributed by atoms with van der Waals surface area (Å²) in [4.78, 5) is 12.2. The lowest BCUT2D eigenvalue weighted by molar-refractivity contribution is -0.117. The highest BCUT2D eigenvalue weighted by Crippen LogP contribution is 2.48. The lowest BCUT2D eigenvalue weighted by Crippen LogP contribution is -2.15. The molecule has 0 radical (unpaired) electrons. The van der Waals surface area contributed by atoms with Crippen LogP contribution in [0.4, 0.5) is 10.2 Å². The van der Waals surface area contributed by atoms with E-state index in [4.69, 9.17) is 0 Å². The number of amides is 1. The maximum atomic E-state index is 13.7. The number of aryl methyl sites for hydroxylation is 1. The molecule has 0 aliphatic heterocycles. The zero-order valence-electron chi connectivity index (χ0n) is 12.6. The number of carbonyl (C=O) groups is 1. The first-order valence-corrected chi connectivity index (χ1v) is 7.78. The summed E-state index contributed by atoms with van der Waals surface area (Å²) in [5.74, 6) is 0.0638. The van der Waals surface area contributed by atoms with Gasteiger partial charge in [0.05, 0.1) is 0 Å². The smallest absolute Gasteiger partial charge is 0.229 e. The highest BCUT2D eigenvalue weighted by atomic mass is 19.1. The standard InChI is InChI=1S/C17H20FN3O/c1-2-3-6-11-9-16(21-20-11)19-17(22)14-10-13(14)12-7-4-5-8-15(12)18/h4-5,7-9,13-14H,2-3,6,10H2,1H3,(H2,19,20,21,22). The molecule has 2 aromatic rings. The zero-order chi connectivity index (χ0) is 15.5. The molecule has 2 unspecified atom stereocenters. The lowest BCUT2D eigenvalue weighted by Gasteiger charge is -2.02. The minimum atomic E-state index is -0.232. The number of anilines is 1. The Morgan fingerprint density at radius 1 is 1.45 bits per heavy atom. The van der Waals surface area contributed by atoms with Gasteiger partial charge in [-0.25, -0.2) is 4.39 Å². The molecule has 1 aliphatic carbocycles. The normalized spacial score (nSPS) is 19.9. The summed E-state index contributed by atoms with van der Waals surface area (Å²) in [6.45, 7) is 2.13. The van der Waals surface area contributed by atoms with Gasteiger partial charge in [-0.05, 0) is 36.8 Å². The molecule has 1 amide bonds. The highest BCUT2D eigenvalue weighted by molar-refractivity contribution is 5.94. The summed E-state index contributed by atoms with van der Waals surface area (Å²) in [5, 5.41) is 9.85. The molecule has 3 rings (SSSR count). The Labute approximate surface area is 129 Å².